The van der Waals surface area contributed by atoms with Crippen molar-refractivity contribution in [1.82, 2.24) is 20.6 Å². The zero-order valence-electron chi connectivity index (χ0n) is 15.9. The number of nitrogens with one attached hydrogen (secondary N) is 2. The van der Waals surface area contributed by atoms with Crippen LogP contribution in [0.2, 0.25) is 0 Å². The topological polar surface area (TPSA) is 84.0 Å². The Balaban J connectivity index is 1.21. The maximum Gasteiger partial charge on any atom is 0.255 e. The van der Waals surface area contributed by atoms with Crippen molar-refractivity contribution in [2.45, 2.75) is 32.2 Å². The Hall–Kier alpha value is -2.76. The fraction of sp³-hybridized carbons (Fsp3) is 0.455. The van der Waals surface area contributed by atoms with E-state index in [9.17, 15) is 9.59 Å². The lowest BCUT2D eigenvalue weighted by atomic mass is 10.0. The maximum atomic E-state index is 12.8. The predicted molar refractivity (Wildman–Crippen MR) is 104 cm³/mol. The molecule has 1 aromatic carbocycles. The van der Waals surface area contributed by atoms with E-state index in [1.54, 1.807) is 0 Å². The number of carbonyl (C=O) groups is 2. The highest BCUT2D eigenvalue weighted by atomic mass is 16.2. The first-order chi connectivity index (χ1) is 13.6. The fourth-order valence-electron chi connectivity index (χ4n) is 5.63. The minimum atomic E-state index is -0.230. The molecule has 0 radical (unpaired) electrons. The highest BCUT2D eigenvalue weighted by Gasteiger charge is 2.77. The smallest absolute Gasteiger partial charge is 0.255 e. The van der Waals surface area contributed by atoms with Crippen molar-refractivity contribution in [3.63, 3.8) is 0 Å². The van der Waals surface area contributed by atoms with E-state index in [0.29, 0.717) is 29.6 Å². The van der Waals surface area contributed by atoms with Crippen LogP contribution in [0, 0.1) is 23.2 Å². The summed E-state index contributed by atoms with van der Waals surface area (Å²) in [6.45, 7) is 2.34. The van der Waals surface area contributed by atoms with Gasteiger partial charge in [-0.3, -0.25) is 9.59 Å². The van der Waals surface area contributed by atoms with E-state index in [1.165, 1.54) is 25.4 Å². The minimum Gasteiger partial charge on any atom is -0.354 e. The van der Waals surface area contributed by atoms with Crippen LogP contribution in [0.4, 0.5) is 0 Å². The molecule has 6 rings (SSSR count). The molecular formula is C22H24N4O2. The van der Waals surface area contributed by atoms with Crippen molar-refractivity contribution < 1.29 is 9.59 Å². The highest BCUT2D eigenvalue weighted by molar-refractivity contribution is 5.99. The molecule has 144 valence electrons. The van der Waals surface area contributed by atoms with Crippen LogP contribution in [-0.2, 0) is 4.79 Å². The Bertz CT molecular complexity index is 917. The molecule has 0 saturated heterocycles. The summed E-state index contributed by atoms with van der Waals surface area (Å²) in [6.07, 6.45) is 6.52. The molecule has 4 bridgehead atoms. The van der Waals surface area contributed by atoms with E-state index < -0.39 is 0 Å². The molecule has 6 nitrogen and oxygen atoms in total. The number of rotatable bonds is 6. The number of hydrogen-bond acceptors (Lipinski definition) is 4. The summed E-state index contributed by atoms with van der Waals surface area (Å²) < 4.78 is 0. The maximum absolute atomic E-state index is 12.8. The number of carbonyl (C=O) groups excluding carboxylic acids is 2. The number of hydrogen-bond donors (Lipinski definition) is 2. The molecule has 4 aliphatic carbocycles. The molecule has 4 aliphatic rings. The van der Waals surface area contributed by atoms with Crippen LogP contribution < -0.4 is 10.6 Å². The molecule has 1 heterocycles. The predicted octanol–water partition coefficient (Wildman–Crippen LogP) is 2.42. The van der Waals surface area contributed by atoms with E-state index in [4.69, 9.17) is 0 Å². The van der Waals surface area contributed by atoms with E-state index in [1.807, 2.05) is 37.3 Å². The normalized spacial score (nSPS) is 30.0. The van der Waals surface area contributed by atoms with Gasteiger partial charge in [-0.05, 0) is 43.9 Å². The van der Waals surface area contributed by atoms with Crippen LogP contribution >= 0.6 is 0 Å². The second kappa shape index (κ2) is 6.40. The Morgan fingerprint density at radius 2 is 1.96 bits per heavy atom. The zero-order valence-corrected chi connectivity index (χ0v) is 15.9. The van der Waals surface area contributed by atoms with Gasteiger partial charge in [0.15, 0.2) is 0 Å². The third-order valence-electron chi connectivity index (χ3n) is 6.87. The van der Waals surface area contributed by atoms with Gasteiger partial charge in [-0.15, -0.1) is 0 Å². The van der Waals surface area contributed by atoms with Gasteiger partial charge in [-0.25, -0.2) is 9.97 Å². The molecule has 1 aromatic heterocycles. The Labute approximate surface area is 164 Å². The fourth-order valence-corrected chi connectivity index (χ4v) is 5.63. The molecule has 4 saturated carbocycles. The molecule has 0 aliphatic heterocycles. The Morgan fingerprint density at radius 3 is 2.64 bits per heavy atom. The summed E-state index contributed by atoms with van der Waals surface area (Å²) in [7, 11) is 0. The largest absolute Gasteiger partial charge is 0.354 e. The molecule has 2 amide bonds. The number of amides is 2. The molecular weight excluding hydrogens is 352 g/mol. The van der Waals surface area contributed by atoms with E-state index in [2.05, 4.69) is 20.6 Å². The monoisotopic (exact) mass is 376 g/mol. The molecule has 0 spiro atoms. The van der Waals surface area contributed by atoms with Gasteiger partial charge >= 0.3 is 0 Å². The molecule has 3 atom stereocenters. The van der Waals surface area contributed by atoms with E-state index >= 15 is 0 Å². The first-order valence-corrected chi connectivity index (χ1v) is 10.0. The SMILES string of the molecule is CC(CNC(=O)C12CC3CC1C2C3)NC(=O)c1cncnc1-c1ccccc1. The Morgan fingerprint density at radius 1 is 1.21 bits per heavy atom. The first kappa shape index (κ1) is 17.3. The molecule has 4 fully saturated rings. The summed E-state index contributed by atoms with van der Waals surface area (Å²) >= 11 is 0. The summed E-state index contributed by atoms with van der Waals surface area (Å²) in [5.41, 5.74) is 1.84. The van der Waals surface area contributed by atoms with Crippen molar-refractivity contribution >= 4 is 11.8 Å². The van der Waals surface area contributed by atoms with Crippen molar-refractivity contribution in [1.29, 1.82) is 0 Å². The molecule has 28 heavy (non-hydrogen) atoms. The van der Waals surface area contributed by atoms with Crippen LogP contribution in [0.5, 0.6) is 0 Å². The van der Waals surface area contributed by atoms with Gasteiger partial charge in [0.2, 0.25) is 5.91 Å². The third kappa shape index (κ3) is 2.62. The van der Waals surface area contributed by atoms with E-state index in [-0.39, 0.29) is 23.3 Å². The van der Waals surface area contributed by atoms with Crippen molar-refractivity contribution in [3.05, 3.63) is 48.4 Å². The molecule has 2 aromatic rings. The summed E-state index contributed by atoms with van der Waals surface area (Å²) in [5, 5.41) is 6.05. The van der Waals surface area contributed by atoms with Gasteiger partial charge in [0.05, 0.1) is 16.7 Å². The second-order valence-electron chi connectivity index (χ2n) is 8.53. The van der Waals surface area contributed by atoms with Gasteiger partial charge in [-0.1, -0.05) is 30.3 Å². The van der Waals surface area contributed by atoms with Crippen LogP contribution in [0.25, 0.3) is 11.3 Å². The van der Waals surface area contributed by atoms with Crippen LogP contribution in [0.15, 0.2) is 42.9 Å². The Kier molecular flexibility index (Phi) is 3.96. The number of benzene rings is 1. The van der Waals surface area contributed by atoms with Crippen molar-refractivity contribution in [3.8, 4) is 11.3 Å². The lowest BCUT2D eigenvalue weighted by molar-refractivity contribution is -0.126. The summed E-state index contributed by atoms with van der Waals surface area (Å²) in [6, 6.07) is 9.41. The summed E-state index contributed by atoms with van der Waals surface area (Å²) in [5.74, 6) is 1.98. The standard InChI is InChI=1S/C22H24N4O2/c1-13(10-24-21(28)22-9-14-7-17(22)18(22)8-14)26-20(27)16-11-23-12-25-19(16)15-5-3-2-4-6-15/h2-6,11-14,17-18H,7-10H2,1H3,(H,24,28)(H,26,27). The lowest BCUT2D eigenvalue weighted by Gasteiger charge is -2.18. The third-order valence-corrected chi connectivity index (χ3v) is 6.87. The average Bonchev–Trinajstić information content (AvgIpc) is 3.16. The van der Waals surface area contributed by atoms with Gasteiger partial charge < -0.3 is 10.6 Å². The van der Waals surface area contributed by atoms with E-state index in [0.717, 1.165) is 17.9 Å². The molecule has 3 unspecified atom stereocenters. The minimum absolute atomic E-state index is 0.0673. The quantitative estimate of drug-likeness (QED) is 0.811. The molecule has 6 heteroatoms. The highest BCUT2D eigenvalue weighted by Crippen LogP contribution is 2.79. The average molecular weight is 376 g/mol. The van der Waals surface area contributed by atoms with Gasteiger partial charge in [0.25, 0.3) is 5.91 Å². The van der Waals surface area contributed by atoms with Crippen LogP contribution in [-0.4, -0.2) is 34.4 Å². The number of nitrogens with zero attached hydrogens (tertiary/aromatic N) is 2. The first-order valence-electron chi connectivity index (χ1n) is 10.0. The van der Waals surface area contributed by atoms with Gasteiger partial charge in [0.1, 0.15) is 6.33 Å². The lowest BCUT2D eigenvalue weighted by Crippen LogP contribution is -2.44. The van der Waals surface area contributed by atoms with Crippen molar-refractivity contribution in [2.75, 3.05) is 6.54 Å². The van der Waals surface area contributed by atoms with Gasteiger partial charge in [0, 0.05) is 24.3 Å². The number of aromatic nitrogens is 2. The molecule has 2 N–H and O–H groups in total. The second-order valence-corrected chi connectivity index (χ2v) is 8.53. The van der Waals surface area contributed by atoms with Crippen molar-refractivity contribution in [2.24, 2.45) is 23.2 Å². The van der Waals surface area contributed by atoms with Crippen LogP contribution in [0.3, 0.4) is 0 Å². The zero-order chi connectivity index (χ0) is 19.3. The van der Waals surface area contributed by atoms with Gasteiger partial charge in [-0.2, -0.15) is 0 Å². The summed E-state index contributed by atoms with van der Waals surface area (Å²) in [4.78, 5) is 33.8. The van der Waals surface area contributed by atoms with Crippen LogP contribution in [0.1, 0.15) is 36.5 Å².